The first kappa shape index (κ1) is 10.2. The molecule has 0 rings (SSSR count). The Labute approximate surface area is 69.6 Å². The Balaban J connectivity index is 3.75. The van der Waals surface area contributed by atoms with E-state index >= 15 is 0 Å². The molecular formula is C9H18N2. The summed E-state index contributed by atoms with van der Waals surface area (Å²) < 4.78 is 0. The lowest BCUT2D eigenvalue weighted by atomic mass is 10.2. The molecule has 64 valence electrons. The molecule has 0 heterocycles. The number of rotatable bonds is 5. The second-order valence-corrected chi connectivity index (χ2v) is 2.90. The quantitative estimate of drug-likeness (QED) is 0.437. The summed E-state index contributed by atoms with van der Waals surface area (Å²) in [5.74, 6) is 0.664. The maximum atomic E-state index is 4.19. The fourth-order valence-corrected chi connectivity index (χ4v) is 0.821. The molecule has 0 aromatic heterocycles. The standard InChI is InChI=1S/C9H18N2/c1-5-7-10-11(6-2)8-9(3)4/h5,7,9H,1,6,8H2,2-4H3. The first-order chi connectivity index (χ1) is 5.20. The third-order valence-electron chi connectivity index (χ3n) is 1.28. The minimum atomic E-state index is 0.664. The molecule has 0 aliphatic heterocycles. The maximum absolute atomic E-state index is 4.19. The van der Waals surface area contributed by atoms with Crippen molar-refractivity contribution in [2.75, 3.05) is 13.1 Å². The van der Waals surface area contributed by atoms with E-state index in [2.05, 4.69) is 32.5 Å². The summed E-state index contributed by atoms with van der Waals surface area (Å²) >= 11 is 0. The predicted molar refractivity (Wildman–Crippen MR) is 50.8 cm³/mol. The van der Waals surface area contributed by atoms with Gasteiger partial charge in [0.25, 0.3) is 0 Å². The van der Waals surface area contributed by atoms with E-state index in [1.807, 2.05) is 5.01 Å². The van der Waals surface area contributed by atoms with Gasteiger partial charge in [0, 0.05) is 19.3 Å². The highest BCUT2D eigenvalue weighted by Gasteiger charge is 1.98. The summed E-state index contributed by atoms with van der Waals surface area (Å²) in [5.41, 5.74) is 0. The van der Waals surface area contributed by atoms with E-state index in [-0.39, 0.29) is 0 Å². The molecule has 0 spiro atoms. The van der Waals surface area contributed by atoms with Crippen LogP contribution in [-0.2, 0) is 0 Å². The van der Waals surface area contributed by atoms with Crippen LogP contribution in [0.1, 0.15) is 20.8 Å². The van der Waals surface area contributed by atoms with Gasteiger partial charge in [0.1, 0.15) is 0 Å². The Bertz CT molecular complexity index is 128. The molecule has 0 saturated heterocycles. The average Bonchev–Trinajstić information content (AvgIpc) is 1.97. The molecule has 2 heteroatoms. The molecule has 0 N–H and O–H groups in total. The zero-order valence-corrected chi connectivity index (χ0v) is 7.75. The largest absolute Gasteiger partial charge is 0.297 e. The summed E-state index contributed by atoms with van der Waals surface area (Å²) in [5, 5.41) is 6.23. The van der Waals surface area contributed by atoms with Crippen LogP contribution < -0.4 is 0 Å². The van der Waals surface area contributed by atoms with Crippen molar-refractivity contribution >= 4 is 6.21 Å². The second kappa shape index (κ2) is 5.96. The predicted octanol–water partition coefficient (Wildman–Crippen LogP) is 2.14. The molecule has 0 bridgehead atoms. The first-order valence-electron chi connectivity index (χ1n) is 4.10. The maximum Gasteiger partial charge on any atom is 0.0464 e. The van der Waals surface area contributed by atoms with Crippen molar-refractivity contribution < 1.29 is 0 Å². The summed E-state index contributed by atoms with van der Waals surface area (Å²) in [4.78, 5) is 0. The molecule has 0 amide bonds. The monoisotopic (exact) mass is 154 g/mol. The second-order valence-electron chi connectivity index (χ2n) is 2.90. The van der Waals surface area contributed by atoms with E-state index in [0.29, 0.717) is 5.92 Å². The molecule has 0 fully saturated rings. The Morgan fingerprint density at radius 3 is 2.55 bits per heavy atom. The lowest BCUT2D eigenvalue weighted by molar-refractivity contribution is 0.270. The molecule has 0 atom stereocenters. The van der Waals surface area contributed by atoms with Gasteiger partial charge in [-0.1, -0.05) is 20.4 Å². The SMILES string of the molecule is C=CC=NN(CC)CC(C)C. The molecule has 0 unspecified atom stereocenters. The summed E-state index contributed by atoms with van der Waals surface area (Å²) in [6.07, 6.45) is 3.43. The lowest BCUT2D eigenvalue weighted by Crippen LogP contribution is -2.21. The van der Waals surface area contributed by atoms with E-state index in [9.17, 15) is 0 Å². The summed E-state index contributed by atoms with van der Waals surface area (Å²) in [7, 11) is 0. The Kier molecular flexibility index (Phi) is 5.53. The zero-order valence-electron chi connectivity index (χ0n) is 7.75. The minimum absolute atomic E-state index is 0.664. The van der Waals surface area contributed by atoms with Gasteiger partial charge < -0.3 is 0 Å². The van der Waals surface area contributed by atoms with Crippen molar-refractivity contribution in [1.82, 2.24) is 5.01 Å². The van der Waals surface area contributed by atoms with Crippen molar-refractivity contribution in [3.63, 3.8) is 0 Å². The van der Waals surface area contributed by atoms with E-state index in [1.165, 1.54) is 0 Å². The third-order valence-corrected chi connectivity index (χ3v) is 1.28. The smallest absolute Gasteiger partial charge is 0.0464 e. The van der Waals surface area contributed by atoms with Crippen molar-refractivity contribution in [2.24, 2.45) is 11.0 Å². The van der Waals surface area contributed by atoms with Crippen LogP contribution in [0.15, 0.2) is 17.8 Å². The van der Waals surface area contributed by atoms with Crippen molar-refractivity contribution in [3.05, 3.63) is 12.7 Å². The van der Waals surface area contributed by atoms with Gasteiger partial charge in [0.2, 0.25) is 0 Å². The van der Waals surface area contributed by atoms with Crippen LogP contribution in [0.5, 0.6) is 0 Å². The molecule has 0 aromatic rings. The Morgan fingerprint density at radius 1 is 1.55 bits per heavy atom. The van der Waals surface area contributed by atoms with Gasteiger partial charge in [-0.15, -0.1) is 0 Å². The van der Waals surface area contributed by atoms with Crippen LogP contribution in [0.25, 0.3) is 0 Å². The first-order valence-corrected chi connectivity index (χ1v) is 4.10. The molecular weight excluding hydrogens is 136 g/mol. The van der Waals surface area contributed by atoms with E-state index in [0.717, 1.165) is 13.1 Å². The van der Waals surface area contributed by atoms with E-state index in [1.54, 1.807) is 12.3 Å². The van der Waals surface area contributed by atoms with Crippen LogP contribution in [0, 0.1) is 5.92 Å². The number of hydrazone groups is 1. The van der Waals surface area contributed by atoms with Crippen molar-refractivity contribution in [2.45, 2.75) is 20.8 Å². The minimum Gasteiger partial charge on any atom is -0.297 e. The van der Waals surface area contributed by atoms with Gasteiger partial charge in [0.05, 0.1) is 0 Å². The van der Waals surface area contributed by atoms with Crippen molar-refractivity contribution in [1.29, 1.82) is 0 Å². The highest BCUT2D eigenvalue weighted by molar-refractivity contribution is 5.69. The van der Waals surface area contributed by atoms with Crippen LogP contribution in [0.2, 0.25) is 0 Å². The molecule has 0 saturated carbocycles. The number of hydrogen-bond donors (Lipinski definition) is 0. The van der Waals surface area contributed by atoms with Gasteiger partial charge >= 0.3 is 0 Å². The van der Waals surface area contributed by atoms with Gasteiger partial charge in [-0.25, -0.2) is 0 Å². The Morgan fingerprint density at radius 2 is 2.18 bits per heavy atom. The molecule has 2 nitrogen and oxygen atoms in total. The topological polar surface area (TPSA) is 15.6 Å². The summed E-state index contributed by atoms with van der Waals surface area (Å²) in [6.45, 7) is 12.0. The van der Waals surface area contributed by atoms with Gasteiger partial charge in [-0.05, 0) is 18.9 Å². The average molecular weight is 154 g/mol. The van der Waals surface area contributed by atoms with Crippen LogP contribution >= 0.6 is 0 Å². The van der Waals surface area contributed by atoms with Gasteiger partial charge in [0.15, 0.2) is 0 Å². The molecule has 0 aromatic carbocycles. The zero-order chi connectivity index (χ0) is 8.69. The van der Waals surface area contributed by atoms with Gasteiger partial charge in [-0.3, -0.25) is 5.01 Å². The number of allylic oxidation sites excluding steroid dienone is 1. The normalized spacial score (nSPS) is 10.9. The number of hydrogen-bond acceptors (Lipinski definition) is 2. The van der Waals surface area contributed by atoms with Crippen molar-refractivity contribution in [3.8, 4) is 0 Å². The molecule has 11 heavy (non-hydrogen) atoms. The van der Waals surface area contributed by atoms with Crippen LogP contribution in [0.4, 0.5) is 0 Å². The molecule has 0 radical (unpaired) electrons. The fourth-order valence-electron chi connectivity index (χ4n) is 0.821. The fraction of sp³-hybridized carbons (Fsp3) is 0.667. The molecule has 0 aliphatic carbocycles. The van der Waals surface area contributed by atoms with Gasteiger partial charge in [-0.2, -0.15) is 5.10 Å². The Hall–Kier alpha value is -0.790. The number of nitrogens with zero attached hydrogens (tertiary/aromatic N) is 2. The van der Waals surface area contributed by atoms with Crippen LogP contribution in [-0.4, -0.2) is 24.3 Å². The van der Waals surface area contributed by atoms with E-state index in [4.69, 9.17) is 0 Å². The lowest BCUT2D eigenvalue weighted by Gasteiger charge is -2.18. The van der Waals surface area contributed by atoms with Crippen LogP contribution in [0.3, 0.4) is 0 Å². The molecule has 0 aliphatic rings. The highest BCUT2D eigenvalue weighted by atomic mass is 15.4. The third kappa shape index (κ3) is 5.64. The highest BCUT2D eigenvalue weighted by Crippen LogP contribution is 1.97. The summed E-state index contributed by atoms with van der Waals surface area (Å²) in [6, 6.07) is 0. The van der Waals surface area contributed by atoms with E-state index < -0.39 is 0 Å².